The molecule has 1 aliphatic rings. The van der Waals surface area contributed by atoms with Crippen molar-refractivity contribution in [2.75, 3.05) is 0 Å². The molecule has 0 amide bonds. The maximum Gasteiger partial charge on any atom is 0.311 e. The van der Waals surface area contributed by atoms with E-state index in [0.717, 1.165) is 6.07 Å². The molecule has 28 heavy (non-hydrogen) atoms. The van der Waals surface area contributed by atoms with Gasteiger partial charge in [-0.05, 0) is 36.8 Å². The zero-order valence-corrected chi connectivity index (χ0v) is 15.8. The summed E-state index contributed by atoms with van der Waals surface area (Å²) in [7, 11) is 0. The van der Waals surface area contributed by atoms with Crippen LogP contribution in [0.25, 0.3) is 5.76 Å². The molecule has 144 valence electrons. The van der Waals surface area contributed by atoms with Crippen LogP contribution in [0.5, 0.6) is 11.5 Å². The van der Waals surface area contributed by atoms with E-state index in [1.807, 2.05) is 0 Å². The molecule has 2 aromatic rings. The van der Waals surface area contributed by atoms with Gasteiger partial charge in [-0.15, -0.1) is 0 Å². The Morgan fingerprint density at radius 3 is 2.32 bits per heavy atom. The highest BCUT2D eigenvalue weighted by atomic mass is 35.5. The van der Waals surface area contributed by atoms with Crippen molar-refractivity contribution in [1.29, 1.82) is 0 Å². The molecule has 0 spiro atoms. The fourth-order valence-electron chi connectivity index (χ4n) is 2.79. The number of halogens is 2. The summed E-state index contributed by atoms with van der Waals surface area (Å²) in [6, 6.07) is 7.88. The Bertz CT molecular complexity index is 1010. The van der Waals surface area contributed by atoms with Gasteiger partial charge in [0.2, 0.25) is 5.75 Å². The lowest BCUT2D eigenvalue weighted by Gasteiger charge is -2.15. The number of hydrogen-bond donors (Lipinski definition) is 1. The summed E-state index contributed by atoms with van der Waals surface area (Å²) in [5.74, 6) is -1.56. The lowest BCUT2D eigenvalue weighted by atomic mass is 9.90. The molecule has 0 unspecified atom stereocenters. The minimum Gasteiger partial charge on any atom is -0.506 e. The quantitative estimate of drug-likeness (QED) is 0.236. The number of ether oxygens (including phenoxy) is 1. The normalized spacial score (nSPS) is 14.1. The number of carbonyl (C=O) groups excluding carboxylic acids is 2. The lowest BCUT2D eigenvalue weighted by molar-refractivity contribution is -0.385. The fraction of sp³-hybridized carbons (Fsp3) is 0.158. The van der Waals surface area contributed by atoms with Crippen molar-refractivity contribution in [3.63, 3.8) is 0 Å². The number of carbonyl (C=O) groups is 2. The van der Waals surface area contributed by atoms with E-state index in [1.54, 1.807) is 0 Å². The van der Waals surface area contributed by atoms with Gasteiger partial charge in [-0.2, -0.15) is 0 Å². The second kappa shape index (κ2) is 8.00. The maximum atomic E-state index is 12.0. The first-order valence-corrected chi connectivity index (χ1v) is 8.95. The van der Waals surface area contributed by atoms with E-state index in [0.29, 0.717) is 11.4 Å². The van der Waals surface area contributed by atoms with E-state index in [1.165, 1.54) is 30.3 Å². The minimum absolute atomic E-state index is 0.0456. The van der Waals surface area contributed by atoms with E-state index in [-0.39, 0.29) is 46.2 Å². The number of benzene rings is 2. The van der Waals surface area contributed by atoms with Gasteiger partial charge in [0.1, 0.15) is 17.1 Å². The van der Waals surface area contributed by atoms with Crippen molar-refractivity contribution in [3.8, 4) is 11.5 Å². The molecule has 7 nitrogen and oxygen atoms in total. The molecule has 0 aliphatic heterocycles. The molecule has 2 aromatic carbocycles. The Kier molecular flexibility index (Phi) is 5.67. The zero-order valence-electron chi connectivity index (χ0n) is 14.3. The average molecular weight is 422 g/mol. The van der Waals surface area contributed by atoms with Crippen molar-refractivity contribution in [3.05, 3.63) is 67.7 Å². The van der Waals surface area contributed by atoms with Crippen molar-refractivity contribution in [2.45, 2.75) is 19.3 Å². The lowest BCUT2D eigenvalue weighted by Crippen LogP contribution is -2.20. The van der Waals surface area contributed by atoms with Gasteiger partial charge in [0.15, 0.2) is 11.6 Å². The molecule has 0 atom stereocenters. The SMILES string of the molecule is O=C1CCCC(=O)C1=C(O)c1ccc([N+](=O)[O-])c(Oc2ccc(Cl)cc2Cl)c1. The van der Waals surface area contributed by atoms with Crippen LogP contribution in [0.15, 0.2) is 42.0 Å². The predicted octanol–water partition coefficient (Wildman–Crippen LogP) is 5.29. The molecule has 0 aromatic heterocycles. The largest absolute Gasteiger partial charge is 0.506 e. The third kappa shape index (κ3) is 4.00. The van der Waals surface area contributed by atoms with Crippen LogP contribution in [0, 0.1) is 10.1 Å². The molecule has 1 aliphatic carbocycles. The predicted molar refractivity (Wildman–Crippen MR) is 103 cm³/mol. The summed E-state index contributed by atoms with van der Waals surface area (Å²) in [5.41, 5.74) is -0.631. The van der Waals surface area contributed by atoms with E-state index in [4.69, 9.17) is 27.9 Å². The molecular formula is C19H13Cl2NO6. The molecule has 1 fully saturated rings. The highest BCUT2D eigenvalue weighted by Crippen LogP contribution is 2.38. The molecule has 0 radical (unpaired) electrons. The number of hydrogen-bond acceptors (Lipinski definition) is 6. The standard InChI is InChI=1S/C19H13Cl2NO6/c20-11-5-7-16(12(21)9-11)28-17-8-10(4-6-13(17)22(26)27)19(25)18-14(23)2-1-3-15(18)24/h4-9,25H,1-3H2. The van der Waals surface area contributed by atoms with Gasteiger partial charge in [0.05, 0.1) is 9.95 Å². The van der Waals surface area contributed by atoms with Crippen LogP contribution in [0.2, 0.25) is 10.0 Å². The fourth-order valence-corrected chi connectivity index (χ4v) is 3.24. The van der Waals surface area contributed by atoms with E-state index < -0.39 is 22.2 Å². The van der Waals surface area contributed by atoms with Gasteiger partial charge < -0.3 is 9.84 Å². The molecule has 9 heteroatoms. The van der Waals surface area contributed by atoms with Crippen LogP contribution in [-0.4, -0.2) is 21.6 Å². The number of nitro benzene ring substituents is 1. The van der Waals surface area contributed by atoms with E-state index in [9.17, 15) is 24.8 Å². The highest BCUT2D eigenvalue weighted by Gasteiger charge is 2.28. The second-order valence-electron chi connectivity index (χ2n) is 6.04. The first-order valence-electron chi connectivity index (χ1n) is 8.19. The maximum absolute atomic E-state index is 12.0. The first-order chi connectivity index (χ1) is 13.3. The number of rotatable bonds is 4. The summed E-state index contributed by atoms with van der Waals surface area (Å²) in [4.78, 5) is 34.7. The Hall–Kier alpha value is -2.90. The third-order valence-corrected chi connectivity index (χ3v) is 4.68. The van der Waals surface area contributed by atoms with Gasteiger partial charge in [-0.3, -0.25) is 19.7 Å². The van der Waals surface area contributed by atoms with Crippen LogP contribution in [0.4, 0.5) is 5.69 Å². The smallest absolute Gasteiger partial charge is 0.311 e. The van der Waals surface area contributed by atoms with Crippen LogP contribution < -0.4 is 4.74 Å². The van der Waals surface area contributed by atoms with Gasteiger partial charge in [-0.1, -0.05) is 23.2 Å². The number of aliphatic hydroxyl groups excluding tert-OH is 1. The number of allylic oxidation sites excluding steroid dienone is 1. The summed E-state index contributed by atoms with van der Waals surface area (Å²) in [6.45, 7) is 0. The van der Waals surface area contributed by atoms with Crippen LogP contribution >= 0.6 is 23.2 Å². The van der Waals surface area contributed by atoms with Gasteiger partial charge in [0, 0.05) is 29.5 Å². The summed E-state index contributed by atoms with van der Waals surface area (Å²) in [6.07, 6.45) is 0.738. The Labute approximate surface area is 169 Å². The van der Waals surface area contributed by atoms with Gasteiger partial charge in [-0.25, -0.2) is 0 Å². The molecule has 1 saturated carbocycles. The Morgan fingerprint density at radius 1 is 1.04 bits per heavy atom. The molecule has 0 saturated heterocycles. The zero-order chi connectivity index (χ0) is 20.4. The van der Waals surface area contributed by atoms with Crippen molar-refractivity contribution >= 4 is 46.2 Å². The molecule has 0 bridgehead atoms. The number of nitro groups is 1. The molecule has 0 heterocycles. The highest BCUT2D eigenvalue weighted by molar-refractivity contribution is 6.35. The Balaban J connectivity index is 2.08. The minimum atomic E-state index is -0.663. The monoisotopic (exact) mass is 421 g/mol. The number of Topliss-reactive ketones (excluding diaryl/α,β-unsaturated/α-hetero) is 2. The van der Waals surface area contributed by atoms with E-state index in [2.05, 4.69) is 0 Å². The first kappa shape index (κ1) is 19.9. The second-order valence-corrected chi connectivity index (χ2v) is 6.88. The molecule has 1 N–H and O–H groups in total. The van der Waals surface area contributed by atoms with Gasteiger partial charge in [0.25, 0.3) is 0 Å². The van der Waals surface area contributed by atoms with Gasteiger partial charge >= 0.3 is 5.69 Å². The van der Waals surface area contributed by atoms with Crippen LogP contribution in [0.3, 0.4) is 0 Å². The summed E-state index contributed by atoms with van der Waals surface area (Å²) < 4.78 is 5.55. The average Bonchev–Trinajstić information content (AvgIpc) is 2.63. The molecular weight excluding hydrogens is 409 g/mol. The Morgan fingerprint density at radius 2 is 1.71 bits per heavy atom. The van der Waals surface area contributed by atoms with Crippen LogP contribution in [0.1, 0.15) is 24.8 Å². The van der Waals surface area contributed by atoms with Crippen molar-refractivity contribution in [1.82, 2.24) is 0 Å². The van der Waals surface area contributed by atoms with Crippen molar-refractivity contribution < 1.29 is 24.4 Å². The topological polar surface area (TPSA) is 107 Å². The number of nitrogens with zero attached hydrogens (tertiary/aromatic N) is 1. The van der Waals surface area contributed by atoms with E-state index >= 15 is 0 Å². The molecule has 3 rings (SSSR count). The summed E-state index contributed by atoms with van der Waals surface area (Å²) >= 11 is 11.9. The number of aliphatic hydroxyl groups is 1. The van der Waals surface area contributed by atoms with Crippen LogP contribution in [-0.2, 0) is 9.59 Å². The summed E-state index contributed by atoms with van der Waals surface area (Å²) in [5, 5.41) is 22.3. The van der Waals surface area contributed by atoms with Crippen molar-refractivity contribution in [2.24, 2.45) is 0 Å². The number of ketones is 2. The third-order valence-electron chi connectivity index (χ3n) is 4.15.